The van der Waals surface area contributed by atoms with Gasteiger partial charge in [-0.25, -0.2) is 0 Å². The van der Waals surface area contributed by atoms with Crippen LogP contribution < -0.4 is 9.47 Å². The molecule has 1 aliphatic heterocycles. The Kier molecular flexibility index (Phi) is 5.48. The van der Waals surface area contributed by atoms with Crippen molar-refractivity contribution in [3.8, 4) is 11.5 Å². The number of benzene rings is 2. The van der Waals surface area contributed by atoms with Gasteiger partial charge in [-0.05, 0) is 65.1 Å². The monoisotopic (exact) mass is 490 g/mol. The average molecular weight is 490 g/mol. The fraction of sp³-hybridized carbons (Fsp3) is 0.318. The van der Waals surface area contributed by atoms with Crippen molar-refractivity contribution in [1.29, 1.82) is 0 Å². The van der Waals surface area contributed by atoms with Crippen molar-refractivity contribution in [2.24, 2.45) is 0 Å². The SMILES string of the molecule is COc1cc(I)c(C(=O)N2CCC(c3cc4ccccc4[nH]3)CC2)cc1OC. The molecule has 2 heterocycles. The number of rotatable bonds is 4. The van der Waals surface area contributed by atoms with Crippen LogP contribution in [0.3, 0.4) is 0 Å². The number of carbonyl (C=O) groups excluding carboxylic acids is 1. The molecule has 0 spiro atoms. The first kappa shape index (κ1) is 19.1. The Morgan fingerprint density at radius 1 is 1.07 bits per heavy atom. The molecule has 1 saturated heterocycles. The highest BCUT2D eigenvalue weighted by Crippen LogP contribution is 2.34. The Bertz CT molecular complexity index is 973. The number of piperidine rings is 1. The highest BCUT2D eigenvalue weighted by molar-refractivity contribution is 14.1. The number of H-pyrrole nitrogens is 1. The van der Waals surface area contributed by atoms with Crippen LogP contribution in [0.25, 0.3) is 10.9 Å². The molecule has 0 radical (unpaired) electrons. The van der Waals surface area contributed by atoms with Gasteiger partial charge in [-0.2, -0.15) is 0 Å². The van der Waals surface area contributed by atoms with E-state index in [1.807, 2.05) is 11.0 Å². The van der Waals surface area contributed by atoms with Crippen molar-refractivity contribution in [2.45, 2.75) is 18.8 Å². The largest absolute Gasteiger partial charge is 0.493 e. The first-order valence-electron chi connectivity index (χ1n) is 9.39. The van der Waals surface area contributed by atoms with Gasteiger partial charge in [-0.1, -0.05) is 18.2 Å². The smallest absolute Gasteiger partial charge is 0.255 e. The van der Waals surface area contributed by atoms with Gasteiger partial charge in [0.25, 0.3) is 5.91 Å². The van der Waals surface area contributed by atoms with Gasteiger partial charge in [0.05, 0.1) is 19.8 Å². The summed E-state index contributed by atoms with van der Waals surface area (Å²) in [6, 6.07) is 14.2. The fourth-order valence-corrected chi connectivity index (χ4v) is 4.57. The first-order chi connectivity index (χ1) is 13.6. The highest BCUT2D eigenvalue weighted by atomic mass is 127. The number of likely N-dealkylation sites (tertiary alicyclic amines) is 1. The second kappa shape index (κ2) is 8.03. The van der Waals surface area contributed by atoms with Crippen molar-refractivity contribution in [1.82, 2.24) is 9.88 Å². The Morgan fingerprint density at radius 3 is 2.43 bits per heavy atom. The number of aromatic nitrogens is 1. The topological polar surface area (TPSA) is 54.6 Å². The fourth-order valence-electron chi connectivity index (χ4n) is 3.90. The molecule has 0 unspecified atom stereocenters. The van der Waals surface area contributed by atoms with E-state index in [1.54, 1.807) is 20.3 Å². The van der Waals surface area contributed by atoms with Crippen molar-refractivity contribution in [2.75, 3.05) is 27.3 Å². The lowest BCUT2D eigenvalue weighted by Crippen LogP contribution is -2.38. The van der Waals surface area contributed by atoms with Gasteiger partial charge in [-0.3, -0.25) is 4.79 Å². The molecule has 1 fully saturated rings. The number of halogens is 1. The molecule has 146 valence electrons. The summed E-state index contributed by atoms with van der Waals surface area (Å²) in [5.74, 6) is 1.74. The van der Waals surface area contributed by atoms with Crippen molar-refractivity contribution in [3.63, 3.8) is 0 Å². The molecule has 0 aliphatic carbocycles. The lowest BCUT2D eigenvalue weighted by atomic mass is 9.93. The number of nitrogens with one attached hydrogen (secondary N) is 1. The molecule has 0 atom stereocenters. The number of hydrogen-bond donors (Lipinski definition) is 1. The summed E-state index contributed by atoms with van der Waals surface area (Å²) in [4.78, 5) is 18.6. The molecule has 2 aromatic carbocycles. The van der Waals surface area contributed by atoms with E-state index in [4.69, 9.17) is 9.47 Å². The van der Waals surface area contributed by atoms with Gasteiger partial charge in [0.1, 0.15) is 0 Å². The average Bonchev–Trinajstić information content (AvgIpc) is 3.17. The van der Waals surface area contributed by atoms with Crippen LogP contribution in [-0.2, 0) is 0 Å². The zero-order valence-electron chi connectivity index (χ0n) is 16.0. The van der Waals surface area contributed by atoms with Gasteiger partial charge in [0.15, 0.2) is 11.5 Å². The highest BCUT2D eigenvalue weighted by Gasteiger charge is 2.27. The number of hydrogen-bond acceptors (Lipinski definition) is 3. The number of aromatic amines is 1. The van der Waals surface area contributed by atoms with E-state index in [2.05, 4.69) is 57.9 Å². The molecule has 0 saturated carbocycles. The molecule has 6 heteroatoms. The summed E-state index contributed by atoms with van der Waals surface area (Å²) >= 11 is 2.19. The third kappa shape index (κ3) is 3.57. The molecule has 28 heavy (non-hydrogen) atoms. The molecule has 1 aromatic heterocycles. The van der Waals surface area contributed by atoms with Crippen LogP contribution in [0.4, 0.5) is 0 Å². The Morgan fingerprint density at radius 2 is 1.75 bits per heavy atom. The number of para-hydroxylation sites is 1. The molecule has 5 nitrogen and oxygen atoms in total. The van der Waals surface area contributed by atoms with E-state index in [9.17, 15) is 4.79 Å². The molecule has 1 amide bonds. The van der Waals surface area contributed by atoms with E-state index in [0.717, 1.165) is 29.5 Å². The Balaban J connectivity index is 1.48. The minimum Gasteiger partial charge on any atom is -0.493 e. The van der Waals surface area contributed by atoms with Crippen molar-refractivity contribution >= 4 is 39.4 Å². The van der Waals surface area contributed by atoms with Gasteiger partial charge in [0.2, 0.25) is 0 Å². The van der Waals surface area contributed by atoms with Crippen LogP contribution in [-0.4, -0.2) is 43.1 Å². The van der Waals surface area contributed by atoms with Crippen LogP contribution in [0, 0.1) is 3.57 Å². The Labute approximate surface area is 178 Å². The number of ether oxygens (including phenoxy) is 2. The zero-order chi connectivity index (χ0) is 19.7. The van der Waals surface area contributed by atoms with E-state index in [0.29, 0.717) is 23.0 Å². The van der Waals surface area contributed by atoms with Crippen molar-refractivity contribution in [3.05, 3.63) is 57.3 Å². The summed E-state index contributed by atoms with van der Waals surface area (Å²) in [6.45, 7) is 1.51. The minimum absolute atomic E-state index is 0.0560. The van der Waals surface area contributed by atoms with Gasteiger partial charge in [0, 0.05) is 33.8 Å². The van der Waals surface area contributed by atoms with Crippen LogP contribution in [0.1, 0.15) is 34.8 Å². The predicted octanol–water partition coefficient (Wildman–Crippen LogP) is 4.81. The van der Waals surface area contributed by atoms with E-state index < -0.39 is 0 Å². The van der Waals surface area contributed by atoms with Gasteiger partial charge < -0.3 is 19.4 Å². The number of carbonyl (C=O) groups is 1. The number of fused-ring (bicyclic) bond motifs is 1. The summed E-state index contributed by atoms with van der Waals surface area (Å²) in [5, 5.41) is 1.25. The van der Waals surface area contributed by atoms with E-state index >= 15 is 0 Å². The standard InChI is InChI=1S/C22H23IN2O3/c1-27-20-12-16(17(23)13-21(20)28-2)22(26)25-9-7-14(8-10-25)19-11-15-5-3-4-6-18(15)24-19/h3-6,11-14,24H,7-10H2,1-2H3. The predicted molar refractivity (Wildman–Crippen MR) is 118 cm³/mol. The third-order valence-electron chi connectivity index (χ3n) is 5.48. The normalized spacial score (nSPS) is 15.0. The van der Waals surface area contributed by atoms with Crippen LogP contribution in [0.5, 0.6) is 11.5 Å². The molecule has 4 rings (SSSR count). The molecule has 1 N–H and O–H groups in total. The lowest BCUT2D eigenvalue weighted by molar-refractivity contribution is 0.0710. The van der Waals surface area contributed by atoms with E-state index in [-0.39, 0.29) is 5.91 Å². The second-order valence-electron chi connectivity index (χ2n) is 7.07. The molecular formula is C22H23IN2O3. The second-order valence-corrected chi connectivity index (χ2v) is 8.23. The first-order valence-corrected chi connectivity index (χ1v) is 10.5. The van der Waals surface area contributed by atoms with E-state index in [1.165, 1.54) is 16.6 Å². The van der Waals surface area contributed by atoms with Crippen LogP contribution in [0.2, 0.25) is 0 Å². The molecular weight excluding hydrogens is 467 g/mol. The summed E-state index contributed by atoms with van der Waals surface area (Å²) in [5.41, 5.74) is 3.12. The van der Waals surface area contributed by atoms with Gasteiger partial charge in [-0.15, -0.1) is 0 Å². The summed E-state index contributed by atoms with van der Waals surface area (Å²) in [6.07, 6.45) is 1.92. The van der Waals surface area contributed by atoms with Crippen LogP contribution in [0.15, 0.2) is 42.5 Å². The maximum Gasteiger partial charge on any atom is 0.255 e. The molecule has 0 bridgehead atoms. The number of amides is 1. The quantitative estimate of drug-likeness (QED) is 0.535. The summed E-state index contributed by atoms with van der Waals surface area (Å²) < 4.78 is 11.6. The summed E-state index contributed by atoms with van der Waals surface area (Å²) in [7, 11) is 3.19. The maximum atomic E-state index is 13.1. The molecule has 1 aliphatic rings. The minimum atomic E-state index is 0.0560. The molecule has 3 aromatic rings. The van der Waals surface area contributed by atoms with Crippen molar-refractivity contribution < 1.29 is 14.3 Å². The number of methoxy groups -OCH3 is 2. The number of nitrogens with zero attached hydrogens (tertiary/aromatic N) is 1. The Hall–Kier alpha value is -2.22. The zero-order valence-corrected chi connectivity index (χ0v) is 18.2. The third-order valence-corrected chi connectivity index (χ3v) is 6.37. The maximum absolute atomic E-state index is 13.1. The van der Waals surface area contributed by atoms with Crippen LogP contribution >= 0.6 is 22.6 Å². The lowest BCUT2D eigenvalue weighted by Gasteiger charge is -2.32. The van der Waals surface area contributed by atoms with Gasteiger partial charge >= 0.3 is 0 Å².